The van der Waals surface area contributed by atoms with Crippen LogP contribution in [0.4, 0.5) is 0 Å². The summed E-state index contributed by atoms with van der Waals surface area (Å²) in [6, 6.07) is 8.29. The molecule has 1 aliphatic heterocycles. The average Bonchev–Trinajstić information content (AvgIpc) is 3.10. The number of nitrogens with zero attached hydrogens (tertiary/aromatic N) is 2. The van der Waals surface area contributed by atoms with Crippen molar-refractivity contribution in [2.45, 2.75) is 25.5 Å². The molecule has 2 aromatic rings. The van der Waals surface area contributed by atoms with Gasteiger partial charge in [0.25, 0.3) is 5.91 Å². The number of carbonyl (C=O) groups excluding carboxylic acids is 1. The van der Waals surface area contributed by atoms with Gasteiger partial charge in [0.05, 0.1) is 11.1 Å². The van der Waals surface area contributed by atoms with Crippen LogP contribution in [-0.2, 0) is 11.3 Å². The SMILES string of the molecule is O=C(c1ccc(O)c(Cl)c1)N(Cc1cccnc1)C[C@H]1CCCO1. The zero-order valence-electron chi connectivity index (χ0n) is 13.2. The Hall–Kier alpha value is -2.11. The highest BCUT2D eigenvalue weighted by atomic mass is 35.5. The third kappa shape index (κ3) is 4.04. The molecule has 0 saturated carbocycles. The Balaban J connectivity index is 1.81. The highest BCUT2D eigenvalue weighted by molar-refractivity contribution is 6.32. The van der Waals surface area contributed by atoms with E-state index in [1.54, 1.807) is 23.4 Å². The molecule has 0 radical (unpaired) electrons. The normalized spacial score (nSPS) is 17.0. The lowest BCUT2D eigenvalue weighted by Gasteiger charge is -2.25. The molecule has 3 rings (SSSR count). The largest absolute Gasteiger partial charge is 0.506 e. The van der Waals surface area contributed by atoms with E-state index < -0.39 is 0 Å². The van der Waals surface area contributed by atoms with Gasteiger partial charge in [0, 0.05) is 37.7 Å². The first kappa shape index (κ1) is 16.7. The summed E-state index contributed by atoms with van der Waals surface area (Å²) >= 11 is 5.94. The molecule has 5 nitrogen and oxygen atoms in total. The first-order valence-corrected chi connectivity index (χ1v) is 8.29. The van der Waals surface area contributed by atoms with E-state index in [1.807, 2.05) is 12.1 Å². The number of halogens is 1. The monoisotopic (exact) mass is 346 g/mol. The maximum atomic E-state index is 12.9. The molecule has 6 heteroatoms. The Morgan fingerprint density at radius 3 is 2.96 bits per heavy atom. The summed E-state index contributed by atoms with van der Waals surface area (Å²) in [5, 5.41) is 9.71. The highest BCUT2D eigenvalue weighted by Gasteiger charge is 2.24. The van der Waals surface area contributed by atoms with Gasteiger partial charge in [-0.15, -0.1) is 0 Å². The number of amides is 1. The molecule has 1 saturated heterocycles. The Morgan fingerprint density at radius 1 is 1.42 bits per heavy atom. The zero-order chi connectivity index (χ0) is 16.9. The second-order valence-electron chi connectivity index (χ2n) is 5.85. The van der Waals surface area contributed by atoms with Gasteiger partial charge in [0.2, 0.25) is 0 Å². The lowest BCUT2D eigenvalue weighted by Crippen LogP contribution is -2.37. The van der Waals surface area contributed by atoms with Gasteiger partial charge < -0.3 is 14.7 Å². The van der Waals surface area contributed by atoms with Crippen LogP contribution in [0, 0.1) is 0 Å². The molecule has 1 aromatic heterocycles. The molecule has 1 aliphatic rings. The number of aromatic nitrogens is 1. The van der Waals surface area contributed by atoms with Crippen LogP contribution in [-0.4, -0.2) is 40.2 Å². The third-order valence-electron chi connectivity index (χ3n) is 4.03. The Labute approximate surface area is 145 Å². The van der Waals surface area contributed by atoms with Crippen molar-refractivity contribution in [3.63, 3.8) is 0 Å². The predicted octanol–water partition coefficient (Wildman–Crippen LogP) is 3.26. The van der Waals surface area contributed by atoms with Crippen molar-refractivity contribution in [3.05, 3.63) is 58.9 Å². The number of rotatable bonds is 5. The summed E-state index contributed by atoms with van der Waals surface area (Å²) in [6.45, 7) is 1.71. The van der Waals surface area contributed by atoms with E-state index in [9.17, 15) is 9.90 Å². The van der Waals surface area contributed by atoms with Gasteiger partial charge in [0.1, 0.15) is 5.75 Å². The van der Waals surface area contributed by atoms with Gasteiger partial charge in [-0.05, 0) is 42.7 Å². The van der Waals surface area contributed by atoms with E-state index in [-0.39, 0.29) is 22.8 Å². The van der Waals surface area contributed by atoms with Gasteiger partial charge >= 0.3 is 0 Å². The summed E-state index contributed by atoms with van der Waals surface area (Å²) < 4.78 is 5.67. The molecule has 0 bridgehead atoms. The number of benzene rings is 1. The van der Waals surface area contributed by atoms with E-state index in [2.05, 4.69) is 4.98 Å². The molecule has 24 heavy (non-hydrogen) atoms. The van der Waals surface area contributed by atoms with Crippen LogP contribution >= 0.6 is 11.6 Å². The molecular formula is C18H19ClN2O3. The fraction of sp³-hybridized carbons (Fsp3) is 0.333. The Kier molecular flexibility index (Phi) is 5.33. The molecule has 0 unspecified atom stereocenters. The van der Waals surface area contributed by atoms with Crippen LogP contribution in [0.2, 0.25) is 5.02 Å². The molecule has 0 aliphatic carbocycles. The van der Waals surface area contributed by atoms with Crippen molar-refractivity contribution in [2.75, 3.05) is 13.2 Å². The van der Waals surface area contributed by atoms with Crippen LogP contribution in [0.25, 0.3) is 0 Å². The maximum absolute atomic E-state index is 12.9. The number of phenols is 1. The topological polar surface area (TPSA) is 62.7 Å². The molecule has 1 N–H and O–H groups in total. The van der Waals surface area contributed by atoms with Crippen molar-refractivity contribution in [1.82, 2.24) is 9.88 Å². The third-order valence-corrected chi connectivity index (χ3v) is 4.33. The molecule has 1 amide bonds. The van der Waals surface area contributed by atoms with E-state index in [0.29, 0.717) is 18.7 Å². The number of hydrogen-bond donors (Lipinski definition) is 1. The van der Waals surface area contributed by atoms with Crippen LogP contribution in [0.15, 0.2) is 42.7 Å². The van der Waals surface area contributed by atoms with Gasteiger partial charge in [-0.25, -0.2) is 0 Å². The van der Waals surface area contributed by atoms with Crippen molar-refractivity contribution in [1.29, 1.82) is 0 Å². The summed E-state index contributed by atoms with van der Waals surface area (Å²) in [4.78, 5) is 18.8. The zero-order valence-corrected chi connectivity index (χ0v) is 13.9. The maximum Gasteiger partial charge on any atom is 0.254 e. The second-order valence-corrected chi connectivity index (χ2v) is 6.26. The first-order valence-electron chi connectivity index (χ1n) is 7.92. The van der Waals surface area contributed by atoms with E-state index >= 15 is 0 Å². The van der Waals surface area contributed by atoms with E-state index in [1.165, 1.54) is 12.1 Å². The summed E-state index contributed by atoms with van der Waals surface area (Å²) in [5.41, 5.74) is 1.40. The minimum atomic E-state index is -0.142. The number of phenolic OH excluding ortho intramolecular Hbond substituents is 1. The minimum Gasteiger partial charge on any atom is -0.506 e. The van der Waals surface area contributed by atoms with E-state index in [0.717, 1.165) is 25.0 Å². The minimum absolute atomic E-state index is 0.0360. The molecule has 1 atom stereocenters. The fourth-order valence-electron chi connectivity index (χ4n) is 2.79. The quantitative estimate of drug-likeness (QED) is 0.902. The highest BCUT2D eigenvalue weighted by Crippen LogP contribution is 2.25. The van der Waals surface area contributed by atoms with Gasteiger partial charge in [0.15, 0.2) is 0 Å². The van der Waals surface area contributed by atoms with Crippen LogP contribution < -0.4 is 0 Å². The molecule has 0 spiro atoms. The fourth-order valence-corrected chi connectivity index (χ4v) is 2.97. The van der Waals surface area contributed by atoms with Crippen molar-refractivity contribution in [3.8, 4) is 5.75 Å². The smallest absolute Gasteiger partial charge is 0.254 e. The molecule has 2 heterocycles. The molecule has 1 aromatic carbocycles. The standard InChI is InChI=1S/C18H19ClN2O3/c19-16-9-14(5-6-17(16)22)18(23)21(12-15-4-2-8-24-15)11-13-3-1-7-20-10-13/h1,3,5-7,9-10,15,22H,2,4,8,11-12H2/t15-/m1/s1. The van der Waals surface area contributed by atoms with Crippen molar-refractivity contribution >= 4 is 17.5 Å². The first-order chi connectivity index (χ1) is 11.6. The van der Waals surface area contributed by atoms with Crippen LogP contribution in [0.1, 0.15) is 28.8 Å². The Morgan fingerprint density at radius 2 is 2.29 bits per heavy atom. The van der Waals surface area contributed by atoms with Gasteiger partial charge in [-0.1, -0.05) is 17.7 Å². The molecule has 126 valence electrons. The van der Waals surface area contributed by atoms with Crippen molar-refractivity contribution < 1.29 is 14.6 Å². The number of hydrogen-bond acceptors (Lipinski definition) is 4. The number of ether oxygens (including phenoxy) is 1. The summed E-state index contributed by atoms with van der Waals surface area (Å²) in [6.07, 6.45) is 5.48. The lowest BCUT2D eigenvalue weighted by molar-refractivity contribution is 0.0507. The lowest BCUT2D eigenvalue weighted by atomic mass is 10.1. The van der Waals surface area contributed by atoms with Gasteiger partial charge in [-0.3, -0.25) is 9.78 Å². The Bertz CT molecular complexity index is 703. The molecule has 1 fully saturated rings. The average molecular weight is 347 g/mol. The number of aromatic hydroxyl groups is 1. The van der Waals surface area contributed by atoms with Gasteiger partial charge in [-0.2, -0.15) is 0 Å². The van der Waals surface area contributed by atoms with Crippen LogP contribution in [0.3, 0.4) is 0 Å². The number of pyridine rings is 1. The van der Waals surface area contributed by atoms with Crippen LogP contribution in [0.5, 0.6) is 5.75 Å². The van der Waals surface area contributed by atoms with Crippen molar-refractivity contribution in [2.24, 2.45) is 0 Å². The second kappa shape index (κ2) is 7.64. The summed E-state index contributed by atoms with van der Waals surface area (Å²) in [7, 11) is 0. The predicted molar refractivity (Wildman–Crippen MR) is 91.1 cm³/mol. The van der Waals surface area contributed by atoms with E-state index in [4.69, 9.17) is 16.3 Å². The summed E-state index contributed by atoms with van der Waals surface area (Å²) in [5.74, 6) is -0.178. The molecular weight excluding hydrogens is 328 g/mol. The number of carbonyl (C=O) groups is 1.